The van der Waals surface area contributed by atoms with E-state index in [9.17, 15) is 0 Å². The van der Waals surface area contributed by atoms with Crippen LogP contribution in [0.2, 0.25) is 0 Å². The summed E-state index contributed by atoms with van der Waals surface area (Å²) in [5.41, 5.74) is 1.68. The van der Waals surface area contributed by atoms with Gasteiger partial charge < -0.3 is 19.7 Å². The van der Waals surface area contributed by atoms with E-state index >= 15 is 0 Å². The zero-order valence-electron chi connectivity index (χ0n) is 15.9. The number of benzene rings is 1. The van der Waals surface area contributed by atoms with E-state index in [-0.39, 0.29) is 0 Å². The molecule has 6 nitrogen and oxygen atoms in total. The molecular weight excluding hydrogens is 340 g/mol. The quantitative estimate of drug-likeness (QED) is 0.807. The minimum absolute atomic E-state index is 0.333. The smallest absolute Gasteiger partial charge is 0.258 e. The van der Waals surface area contributed by atoms with E-state index in [4.69, 9.17) is 19.7 Å². The van der Waals surface area contributed by atoms with E-state index in [0.717, 1.165) is 43.9 Å². The van der Waals surface area contributed by atoms with E-state index in [1.807, 2.05) is 36.4 Å². The molecule has 3 rings (SSSR count). The lowest BCUT2D eigenvalue weighted by Gasteiger charge is -2.35. The van der Waals surface area contributed by atoms with Crippen LogP contribution in [0.3, 0.4) is 0 Å². The first-order valence-corrected chi connectivity index (χ1v) is 9.44. The van der Waals surface area contributed by atoms with Gasteiger partial charge in [0, 0.05) is 11.7 Å². The maximum absolute atomic E-state index is 9.09. The number of methoxy groups -OCH3 is 1. The van der Waals surface area contributed by atoms with Crippen molar-refractivity contribution in [2.75, 3.05) is 31.7 Å². The van der Waals surface area contributed by atoms with Gasteiger partial charge in [-0.2, -0.15) is 10.2 Å². The molecule has 1 fully saturated rings. The lowest BCUT2D eigenvalue weighted by Crippen LogP contribution is -2.41. The summed E-state index contributed by atoms with van der Waals surface area (Å²) in [7, 11) is 1.63. The lowest BCUT2D eigenvalue weighted by atomic mass is 10.0. The highest BCUT2D eigenvalue weighted by Gasteiger charge is 2.25. The summed E-state index contributed by atoms with van der Waals surface area (Å²) in [5.74, 6) is 1.99. The predicted octanol–water partition coefficient (Wildman–Crippen LogP) is 3.64. The number of rotatable bonds is 7. The van der Waals surface area contributed by atoms with Crippen LogP contribution in [0, 0.1) is 11.3 Å². The first-order chi connectivity index (χ1) is 13.3. The molecule has 0 spiro atoms. The Bertz CT molecular complexity index is 780. The van der Waals surface area contributed by atoms with Gasteiger partial charge in [-0.25, -0.2) is 0 Å². The number of anilines is 2. The monoisotopic (exact) mass is 366 g/mol. The van der Waals surface area contributed by atoms with Crippen LogP contribution in [-0.4, -0.2) is 37.8 Å². The zero-order valence-corrected chi connectivity index (χ0v) is 15.9. The fourth-order valence-electron chi connectivity index (χ4n) is 3.30. The number of ether oxygens (including phenoxy) is 2. The first kappa shape index (κ1) is 19.0. The number of hydrogen-bond donors (Lipinski definition) is 1. The lowest BCUT2D eigenvalue weighted by molar-refractivity contribution is 0.282. The van der Waals surface area contributed by atoms with Gasteiger partial charge in [0.25, 0.3) is 5.88 Å². The number of pyridine rings is 1. The molecule has 1 aliphatic heterocycles. The fourth-order valence-corrected chi connectivity index (χ4v) is 3.30. The molecule has 1 aromatic heterocycles. The van der Waals surface area contributed by atoms with E-state index in [2.05, 4.69) is 23.2 Å². The molecule has 142 valence electrons. The third-order valence-corrected chi connectivity index (χ3v) is 4.67. The largest absolute Gasteiger partial charge is 0.491 e. The van der Waals surface area contributed by atoms with Crippen molar-refractivity contribution in [1.82, 2.24) is 10.3 Å². The van der Waals surface area contributed by atoms with Gasteiger partial charge in [-0.05, 0) is 68.8 Å². The molecule has 1 aliphatic rings. The van der Waals surface area contributed by atoms with Crippen LogP contribution < -0.4 is 19.7 Å². The zero-order chi connectivity index (χ0) is 19.1. The van der Waals surface area contributed by atoms with E-state index in [1.165, 1.54) is 0 Å². The molecule has 0 amide bonds. The summed E-state index contributed by atoms with van der Waals surface area (Å²) in [6.45, 7) is 4.62. The standard InChI is InChI=1S/C21H26N4O2/c1-3-14-27-21-19(26-2)8-9-20(24-21)25(18-10-12-23-13-11-18)17-6-4-16(15-22)5-7-17/h4-9,18,23H,3,10-14H2,1-2H3. The van der Waals surface area contributed by atoms with Crippen LogP contribution in [0.4, 0.5) is 11.5 Å². The average Bonchev–Trinajstić information content (AvgIpc) is 2.74. The molecule has 0 unspecified atom stereocenters. The maximum atomic E-state index is 9.09. The molecule has 0 atom stereocenters. The molecule has 2 heterocycles. The summed E-state index contributed by atoms with van der Waals surface area (Å²) in [4.78, 5) is 7.02. The van der Waals surface area contributed by atoms with Gasteiger partial charge in [-0.15, -0.1) is 0 Å². The van der Waals surface area contributed by atoms with Crippen molar-refractivity contribution in [2.45, 2.75) is 32.2 Å². The Morgan fingerprint density at radius 1 is 1.19 bits per heavy atom. The van der Waals surface area contributed by atoms with Crippen molar-refractivity contribution in [3.05, 3.63) is 42.0 Å². The van der Waals surface area contributed by atoms with E-state index in [1.54, 1.807) is 7.11 Å². The Hall–Kier alpha value is -2.78. The summed E-state index contributed by atoms with van der Waals surface area (Å²) < 4.78 is 11.2. The highest BCUT2D eigenvalue weighted by Crippen LogP contribution is 2.34. The number of aromatic nitrogens is 1. The van der Waals surface area contributed by atoms with Crippen molar-refractivity contribution in [1.29, 1.82) is 5.26 Å². The Labute approximate surface area is 160 Å². The molecule has 6 heteroatoms. The summed E-state index contributed by atoms with van der Waals surface area (Å²) >= 11 is 0. The van der Waals surface area contributed by atoms with Crippen molar-refractivity contribution >= 4 is 11.5 Å². The molecular formula is C21H26N4O2. The maximum Gasteiger partial charge on any atom is 0.258 e. The molecule has 0 bridgehead atoms. The van der Waals surface area contributed by atoms with Crippen LogP contribution in [0.25, 0.3) is 0 Å². The normalized spacial score (nSPS) is 14.4. The molecule has 1 N–H and O–H groups in total. The SMILES string of the molecule is CCCOc1nc(N(c2ccc(C#N)cc2)C2CCNCC2)ccc1OC. The van der Waals surface area contributed by atoms with Gasteiger partial charge in [-0.3, -0.25) is 0 Å². The predicted molar refractivity (Wildman–Crippen MR) is 106 cm³/mol. The fraction of sp³-hybridized carbons (Fsp3) is 0.429. The minimum atomic E-state index is 0.333. The van der Waals surface area contributed by atoms with Gasteiger partial charge in [0.15, 0.2) is 5.75 Å². The molecule has 0 aliphatic carbocycles. The van der Waals surface area contributed by atoms with Crippen molar-refractivity contribution < 1.29 is 9.47 Å². The van der Waals surface area contributed by atoms with Gasteiger partial charge in [0.2, 0.25) is 0 Å². The van der Waals surface area contributed by atoms with Crippen molar-refractivity contribution in [3.63, 3.8) is 0 Å². The van der Waals surface area contributed by atoms with E-state index in [0.29, 0.717) is 29.8 Å². The average molecular weight is 366 g/mol. The van der Waals surface area contributed by atoms with Crippen molar-refractivity contribution in [3.8, 4) is 17.7 Å². The Balaban J connectivity index is 1.99. The van der Waals surface area contributed by atoms with Crippen LogP contribution in [0.1, 0.15) is 31.7 Å². The highest BCUT2D eigenvalue weighted by atomic mass is 16.5. The molecule has 0 radical (unpaired) electrons. The van der Waals surface area contributed by atoms with Gasteiger partial charge in [0.05, 0.1) is 25.3 Å². The first-order valence-electron chi connectivity index (χ1n) is 9.44. The summed E-state index contributed by atoms with van der Waals surface area (Å²) in [6.07, 6.45) is 2.96. The molecule has 2 aromatic rings. The van der Waals surface area contributed by atoms with E-state index < -0.39 is 0 Å². The van der Waals surface area contributed by atoms with Gasteiger partial charge in [0.1, 0.15) is 5.82 Å². The Morgan fingerprint density at radius 3 is 2.56 bits per heavy atom. The second kappa shape index (κ2) is 9.24. The Morgan fingerprint density at radius 2 is 1.93 bits per heavy atom. The van der Waals surface area contributed by atoms with Gasteiger partial charge in [-0.1, -0.05) is 6.92 Å². The second-order valence-electron chi connectivity index (χ2n) is 6.54. The van der Waals surface area contributed by atoms with Crippen molar-refractivity contribution in [2.24, 2.45) is 0 Å². The van der Waals surface area contributed by atoms with Gasteiger partial charge >= 0.3 is 0 Å². The third kappa shape index (κ3) is 4.50. The molecule has 0 saturated carbocycles. The van der Waals surface area contributed by atoms with Crippen LogP contribution in [-0.2, 0) is 0 Å². The number of nitrogens with one attached hydrogen (secondary N) is 1. The Kier molecular flexibility index (Phi) is 6.50. The number of nitrogens with zero attached hydrogens (tertiary/aromatic N) is 3. The number of hydrogen-bond acceptors (Lipinski definition) is 6. The molecule has 1 saturated heterocycles. The molecule has 1 aromatic carbocycles. The summed E-state index contributed by atoms with van der Waals surface area (Å²) in [6, 6.07) is 14.1. The third-order valence-electron chi connectivity index (χ3n) is 4.67. The van der Waals surface area contributed by atoms with Crippen LogP contribution in [0.5, 0.6) is 11.6 Å². The second-order valence-corrected chi connectivity index (χ2v) is 6.54. The minimum Gasteiger partial charge on any atom is -0.491 e. The number of piperidine rings is 1. The highest BCUT2D eigenvalue weighted by molar-refractivity contribution is 5.63. The van der Waals surface area contributed by atoms with Crippen LogP contribution in [0.15, 0.2) is 36.4 Å². The van der Waals surface area contributed by atoms with Crippen LogP contribution >= 0.6 is 0 Å². The summed E-state index contributed by atoms with van der Waals surface area (Å²) in [5, 5.41) is 12.5. The number of nitriles is 1. The topological polar surface area (TPSA) is 70.4 Å². The molecule has 27 heavy (non-hydrogen) atoms.